The van der Waals surface area contributed by atoms with Crippen molar-refractivity contribution < 1.29 is 0 Å². The van der Waals surface area contributed by atoms with Crippen molar-refractivity contribution in [3.63, 3.8) is 0 Å². The Morgan fingerprint density at radius 1 is 1.17 bits per heavy atom. The van der Waals surface area contributed by atoms with Crippen molar-refractivity contribution in [3.05, 3.63) is 0 Å². The molecule has 0 aliphatic carbocycles. The van der Waals surface area contributed by atoms with E-state index in [1.807, 2.05) is 0 Å². The van der Waals surface area contributed by atoms with Crippen molar-refractivity contribution in [1.82, 2.24) is 4.90 Å². The molecule has 0 aromatic rings. The van der Waals surface area contributed by atoms with E-state index in [-0.39, 0.29) is 0 Å². The quantitative estimate of drug-likeness (QED) is 0.578. The molecule has 0 aliphatic heterocycles. The lowest BCUT2D eigenvalue weighted by atomic mass is 10.5. The summed E-state index contributed by atoms with van der Waals surface area (Å²) in [6.45, 7) is 8.43. The highest BCUT2D eigenvalue weighted by atomic mass is 28.3. The van der Waals surface area contributed by atoms with E-state index in [0.717, 1.165) is 5.54 Å². The van der Waals surface area contributed by atoms with Gasteiger partial charge in [-0.2, -0.15) is 0 Å². The summed E-state index contributed by atoms with van der Waals surface area (Å²) in [5, 5.41) is 0. The average molecular weight is 187 g/mol. The third-order valence-electron chi connectivity index (χ3n) is 2.55. The summed E-state index contributed by atoms with van der Waals surface area (Å²) in [5.74, 6) is 0. The van der Waals surface area contributed by atoms with Crippen LogP contribution < -0.4 is 0 Å². The molecule has 74 valence electrons. The normalized spacial score (nSPS) is 14.2. The molecular weight excluding hydrogens is 162 g/mol. The van der Waals surface area contributed by atoms with Crippen LogP contribution in [0, 0.1) is 0 Å². The van der Waals surface area contributed by atoms with Gasteiger partial charge in [-0.3, -0.25) is 0 Å². The van der Waals surface area contributed by atoms with Crippen molar-refractivity contribution in [1.29, 1.82) is 0 Å². The number of rotatable bonds is 6. The Hall–Kier alpha value is 0.177. The fourth-order valence-electron chi connectivity index (χ4n) is 1.61. The van der Waals surface area contributed by atoms with E-state index in [4.69, 9.17) is 0 Å². The van der Waals surface area contributed by atoms with Crippen LogP contribution in [0.5, 0.6) is 0 Å². The molecule has 12 heavy (non-hydrogen) atoms. The molecule has 0 spiro atoms. The number of nitrogens with zero attached hydrogens (tertiary/aromatic N) is 1. The predicted octanol–water partition coefficient (Wildman–Crippen LogP) is 2.60. The van der Waals surface area contributed by atoms with Gasteiger partial charge >= 0.3 is 0 Å². The Morgan fingerprint density at radius 2 is 1.75 bits per heavy atom. The minimum Gasteiger partial charge on any atom is -0.310 e. The molecule has 0 fully saturated rings. The van der Waals surface area contributed by atoms with Crippen molar-refractivity contribution >= 4 is 8.80 Å². The summed E-state index contributed by atoms with van der Waals surface area (Å²) in [6.07, 6.45) is 1.39. The van der Waals surface area contributed by atoms with E-state index in [2.05, 4.69) is 39.8 Å². The summed E-state index contributed by atoms with van der Waals surface area (Å²) in [6, 6.07) is 3.03. The molecule has 1 unspecified atom stereocenters. The van der Waals surface area contributed by atoms with Crippen LogP contribution in [0.1, 0.15) is 27.2 Å². The Morgan fingerprint density at radius 3 is 2.08 bits per heavy atom. The van der Waals surface area contributed by atoms with Gasteiger partial charge in [-0.15, -0.1) is 0 Å². The summed E-state index contributed by atoms with van der Waals surface area (Å²) in [4.78, 5) is 2.32. The second-order valence-corrected chi connectivity index (χ2v) is 8.39. The first-order chi connectivity index (χ1) is 5.57. The van der Waals surface area contributed by atoms with Crippen LogP contribution in [0.25, 0.3) is 0 Å². The van der Waals surface area contributed by atoms with E-state index in [9.17, 15) is 0 Å². The first kappa shape index (κ1) is 12.2. The molecule has 0 saturated carbocycles. The van der Waals surface area contributed by atoms with E-state index < -0.39 is 8.80 Å². The molecule has 0 aromatic carbocycles. The second kappa shape index (κ2) is 6.67. The Labute approximate surface area is 79.8 Å². The van der Waals surface area contributed by atoms with Crippen LogP contribution in [0.4, 0.5) is 0 Å². The summed E-state index contributed by atoms with van der Waals surface area (Å²) in [5.41, 5.74) is 0.991. The number of hydrogen-bond donors (Lipinski definition) is 0. The predicted molar refractivity (Wildman–Crippen MR) is 60.7 cm³/mol. The van der Waals surface area contributed by atoms with Gasteiger partial charge in [0, 0.05) is 8.80 Å². The highest BCUT2D eigenvalue weighted by Crippen LogP contribution is 2.17. The summed E-state index contributed by atoms with van der Waals surface area (Å²) >= 11 is 0. The molecule has 0 bridgehead atoms. The Kier molecular flexibility index (Phi) is 6.77. The standard InChI is InChI=1S/C10H25NSi/c1-6-8-12(10(2)3)9-7-11(4)5/h10,12H,6-9H2,1-5H3. The molecule has 0 aliphatic rings. The molecule has 1 atom stereocenters. The Balaban J connectivity index is 3.63. The average Bonchev–Trinajstić information content (AvgIpc) is 1.96. The number of hydrogen-bond acceptors (Lipinski definition) is 1. The summed E-state index contributed by atoms with van der Waals surface area (Å²) in [7, 11) is 3.95. The fourth-order valence-corrected chi connectivity index (χ4v) is 4.82. The monoisotopic (exact) mass is 187 g/mol. The van der Waals surface area contributed by atoms with Gasteiger partial charge in [-0.25, -0.2) is 0 Å². The van der Waals surface area contributed by atoms with E-state index in [0.29, 0.717) is 0 Å². The van der Waals surface area contributed by atoms with Crippen LogP contribution in [0.15, 0.2) is 0 Å². The minimum absolute atomic E-state index is 0.405. The van der Waals surface area contributed by atoms with Crippen molar-refractivity contribution in [3.8, 4) is 0 Å². The zero-order chi connectivity index (χ0) is 9.56. The van der Waals surface area contributed by atoms with Crippen molar-refractivity contribution in [2.45, 2.75) is 44.8 Å². The van der Waals surface area contributed by atoms with Crippen molar-refractivity contribution in [2.75, 3.05) is 20.6 Å². The fraction of sp³-hybridized carbons (Fsp3) is 1.00. The molecular formula is C10H25NSi. The molecule has 1 nitrogen and oxygen atoms in total. The zero-order valence-electron chi connectivity index (χ0n) is 9.43. The maximum absolute atomic E-state index is 2.40. The second-order valence-electron chi connectivity index (χ2n) is 4.38. The molecule has 0 aromatic heterocycles. The molecule has 0 amide bonds. The van der Waals surface area contributed by atoms with Crippen LogP contribution in [0.2, 0.25) is 17.6 Å². The van der Waals surface area contributed by atoms with Gasteiger partial charge < -0.3 is 4.90 Å². The maximum atomic E-state index is 2.40. The molecule has 0 saturated heterocycles. The van der Waals surface area contributed by atoms with Gasteiger partial charge in [-0.1, -0.05) is 38.8 Å². The van der Waals surface area contributed by atoms with Crippen LogP contribution in [0.3, 0.4) is 0 Å². The molecule has 0 heterocycles. The SMILES string of the molecule is CCC[SiH](CCN(C)C)C(C)C. The first-order valence-electron chi connectivity index (χ1n) is 5.22. The third-order valence-corrected chi connectivity index (χ3v) is 6.75. The zero-order valence-corrected chi connectivity index (χ0v) is 10.6. The van der Waals surface area contributed by atoms with Gasteiger partial charge in [0.15, 0.2) is 0 Å². The molecule has 2 heteroatoms. The van der Waals surface area contributed by atoms with Crippen molar-refractivity contribution in [2.24, 2.45) is 0 Å². The Bertz CT molecular complexity index is 102. The lowest BCUT2D eigenvalue weighted by Crippen LogP contribution is -2.23. The van der Waals surface area contributed by atoms with Gasteiger partial charge in [-0.05, 0) is 26.7 Å². The van der Waals surface area contributed by atoms with Gasteiger partial charge in [0.1, 0.15) is 0 Å². The van der Waals surface area contributed by atoms with Crippen LogP contribution >= 0.6 is 0 Å². The highest BCUT2D eigenvalue weighted by Gasteiger charge is 2.13. The van der Waals surface area contributed by atoms with Crippen LogP contribution in [-0.2, 0) is 0 Å². The summed E-state index contributed by atoms with van der Waals surface area (Å²) < 4.78 is 0. The molecule has 0 N–H and O–H groups in total. The minimum atomic E-state index is -0.405. The smallest absolute Gasteiger partial charge is 0.0406 e. The third kappa shape index (κ3) is 5.78. The van der Waals surface area contributed by atoms with Gasteiger partial charge in [0.05, 0.1) is 0 Å². The van der Waals surface area contributed by atoms with E-state index in [1.165, 1.54) is 25.1 Å². The maximum Gasteiger partial charge on any atom is 0.0406 e. The van der Waals surface area contributed by atoms with E-state index >= 15 is 0 Å². The van der Waals surface area contributed by atoms with E-state index in [1.54, 1.807) is 0 Å². The lowest BCUT2D eigenvalue weighted by Gasteiger charge is -2.20. The molecule has 0 radical (unpaired) electrons. The first-order valence-corrected chi connectivity index (χ1v) is 7.52. The largest absolute Gasteiger partial charge is 0.310 e. The van der Waals surface area contributed by atoms with Crippen LogP contribution in [-0.4, -0.2) is 34.3 Å². The van der Waals surface area contributed by atoms with Gasteiger partial charge in [0.25, 0.3) is 0 Å². The highest BCUT2D eigenvalue weighted by molar-refractivity contribution is 6.60. The molecule has 0 rings (SSSR count). The van der Waals surface area contributed by atoms with Gasteiger partial charge in [0.2, 0.25) is 0 Å². The topological polar surface area (TPSA) is 3.24 Å². The lowest BCUT2D eigenvalue weighted by molar-refractivity contribution is 0.431.